The fraction of sp³-hybridized carbons (Fsp3) is 0.571. The van der Waals surface area contributed by atoms with E-state index in [0.717, 1.165) is 31.4 Å². The first kappa shape index (κ1) is 13.0. The molecule has 0 atom stereocenters. The molecule has 0 aliphatic rings. The van der Waals surface area contributed by atoms with Crippen molar-refractivity contribution in [3.8, 4) is 5.75 Å². The van der Waals surface area contributed by atoms with Gasteiger partial charge in [-0.05, 0) is 24.6 Å². The average molecular weight is 221 g/mol. The minimum atomic E-state index is 0.740. The number of hydrogen-bond acceptors (Lipinski definition) is 2. The molecule has 0 unspecified atom stereocenters. The molecule has 1 N–H and O–H groups in total. The lowest BCUT2D eigenvalue weighted by atomic mass is 10.0. The van der Waals surface area contributed by atoms with Crippen LogP contribution in [0.4, 0.5) is 0 Å². The van der Waals surface area contributed by atoms with Gasteiger partial charge in [-0.25, -0.2) is 0 Å². The molecule has 0 heterocycles. The van der Waals surface area contributed by atoms with E-state index in [1.165, 1.54) is 12.8 Å². The molecule has 0 radical (unpaired) electrons. The number of hydrogen-bond donors (Lipinski definition) is 1. The summed E-state index contributed by atoms with van der Waals surface area (Å²) in [6.07, 6.45) is 2.51. The molecule has 1 aromatic rings. The van der Waals surface area contributed by atoms with Crippen LogP contribution in [0, 0.1) is 5.92 Å². The quantitative estimate of drug-likeness (QED) is 0.681. The van der Waals surface area contributed by atoms with Crippen molar-refractivity contribution in [1.82, 2.24) is 5.32 Å². The summed E-state index contributed by atoms with van der Waals surface area (Å²) in [6.45, 7) is 7.26. The number of rotatable bonds is 8. The molecule has 2 heteroatoms. The van der Waals surface area contributed by atoms with Gasteiger partial charge in [0.1, 0.15) is 12.4 Å². The van der Waals surface area contributed by atoms with Gasteiger partial charge in [0, 0.05) is 6.54 Å². The molecule has 90 valence electrons. The van der Waals surface area contributed by atoms with Crippen molar-refractivity contribution in [1.29, 1.82) is 0 Å². The van der Waals surface area contributed by atoms with Crippen LogP contribution in [0.1, 0.15) is 26.7 Å². The molecule has 0 saturated carbocycles. The van der Waals surface area contributed by atoms with Crippen molar-refractivity contribution in [3.63, 3.8) is 0 Å². The summed E-state index contributed by atoms with van der Waals surface area (Å²) in [5.74, 6) is 1.75. The van der Waals surface area contributed by atoms with Crippen molar-refractivity contribution in [2.24, 2.45) is 5.92 Å². The summed E-state index contributed by atoms with van der Waals surface area (Å²) in [4.78, 5) is 0. The highest BCUT2D eigenvalue weighted by Gasteiger charge is 2.01. The van der Waals surface area contributed by atoms with E-state index in [2.05, 4.69) is 19.2 Å². The normalized spacial score (nSPS) is 10.7. The number of benzene rings is 1. The van der Waals surface area contributed by atoms with Crippen LogP contribution in [0.25, 0.3) is 0 Å². The van der Waals surface area contributed by atoms with E-state index in [-0.39, 0.29) is 0 Å². The van der Waals surface area contributed by atoms with Crippen LogP contribution in [0.3, 0.4) is 0 Å². The minimum Gasteiger partial charge on any atom is -0.492 e. The Morgan fingerprint density at radius 3 is 2.44 bits per heavy atom. The molecule has 0 amide bonds. The zero-order valence-electron chi connectivity index (χ0n) is 10.4. The molecule has 2 nitrogen and oxygen atoms in total. The Balaban J connectivity index is 2.04. The highest BCUT2D eigenvalue weighted by Crippen LogP contribution is 2.07. The van der Waals surface area contributed by atoms with Crippen molar-refractivity contribution in [2.75, 3.05) is 19.7 Å². The second-order valence-electron chi connectivity index (χ2n) is 4.05. The van der Waals surface area contributed by atoms with Crippen LogP contribution < -0.4 is 10.1 Å². The van der Waals surface area contributed by atoms with Crippen LogP contribution in [-0.4, -0.2) is 19.7 Å². The third-order valence-corrected chi connectivity index (χ3v) is 2.88. The van der Waals surface area contributed by atoms with Gasteiger partial charge in [0.05, 0.1) is 0 Å². The summed E-state index contributed by atoms with van der Waals surface area (Å²) in [5.41, 5.74) is 0. The first-order valence-electron chi connectivity index (χ1n) is 6.25. The lowest BCUT2D eigenvalue weighted by Gasteiger charge is -2.13. The van der Waals surface area contributed by atoms with E-state index >= 15 is 0 Å². The molecule has 0 aromatic heterocycles. The van der Waals surface area contributed by atoms with E-state index in [1.54, 1.807) is 0 Å². The molecule has 0 aliphatic carbocycles. The van der Waals surface area contributed by atoms with E-state index in [0.29, 0.717) is 0 Å². The van der Waals surface area contributed by atoms with Crippen molar-refractivity contribution in [2.45, 2.75) is 26.7 Å². The van der Waals surface area contributed by atoms with Gasteiger partial charge in [-0.15, -0.1) is 0 Å². The van der Waals surface area contributed by atoms with Gasteiger partial charge in [0.2, 0.25) is 0 Å². The fourth-order valence-electron chi connectivity index (χ4n) is 1.64. The van der Waals surface area contributed by atoms with Crippen molar-refractivity contribution in [3.05, 3.63) is 30.3 Å². The first-order valence-corrected chi connectivity index (χ1v) is 6.25. The topological polar surface area (TPSA) is 21.3 Å². The molecule has 1 rings (SSSR count). The highest BCUT2D eigenvalue weighted by molar-refractivity contribution is 5.20. The molecule has 0 aliphatic heterocycles. The Bertz CT molecular complexity index is 257. The second kappa shape index (κ2) is 8.17. The second-order valence-corrected chi connectivity index (χ2v) is 4.05. The summed E-state index contributed by atoms with van der Waals surface area (Å²) in [5, 5.41) is 3.43. The molecule has 16 heavy (non-hydrogen) atoms. The van der Waals surface area contributed by atoms with Gasteiger partial charge in [0.25, 0.3) is 0 Å². The Morgan fingerprint density at radius 2 is 1.81 bits per heavy atom. The van der Waals surface area contributed by atoms with E-state index in [4.69, 9.17) is 4.74 Å². The van der Waals surface area contributed by atoms with Gasteiger partial charge in [-0.3, -0.25) is 0 Å². The number of para-hydroxylation sites is 1. The average Bonchev–Trinajstić information content (AvgIpc) is 2.35. The summed E-state index contributed by atoms with van der Waals surface area (Å²) >= 11 is 0. The third kappa shape index (κ3) is 5.17. The van der Waals surface area contributed by atoms with Gasteiger partial charge < -0.3 is 10.1 Å². The lowest BCUT2D eigenvalue weighted by Crippen LogP contribution is -2.26. The fourth-order valence-corrected chi connectivity index (χ4v) is 1.64. The standard InChI is InChI=1S/C14H23NO/c1-3-13(4-2)12-15-10-11-16-14-8-6-5-7-9-14/h5-9,13,15H,3-4,10-12H2,1-2H3. The predicted octanol–water partition coefficient (Wildman–Crippen LogP) is 3.09. The monoisotopic (exact) mass is 221 g/mol. The Morgan fingerprint density at radius 1 is 1.12 bits per heavy atom. The Hall–Kier alpha value is -1.02. The molecule has 1 aromatic carbocycles. The van der Waals surface area contributed by atoms with Gasteiger partial charge in [0.15, 0.2) is 0 Å². The van der Waals surface area contributed by atoms with E-state index in [1.807, 2.05) is 30.3 Å². The number of ether oxygens (including phenoxy) is 1. The Kier molecular flexibility index (Phi) is 6.66. The zero-order valence-corrected chi connectivity index (χ0v) is 10.4. The SMILES string of the molecule is CCC(CC)CNCCOc1ccccc1. The van der Waals surface area contributed by atoms with Gasteiger partial charge in [-0.1, -0.05) is 44.9 Å². The maximum atomic E-state index is 5.59. The van der Waals surface area contributed by atoms with E-state index < -0.39 is 0 Å². The van der Waals surface area contributed by atoms with Crippen LogP contribution in [0.2, 0.25) is 0 Å². The van der Waals surface area contributed by atoms with Crippen molar-refractivity contribution >= 4 is 0 Å². The van der Waals surface area contributed by atoms with Gasteiger partial charge in [-0.2, -0.15) is 0 Å². The molecular formula is C14H23NO. The van der Waals surface area contributed by atoms with E-state index in [9.17, 15) is 0 Å². The highest BCUT2D eigenvalue weighted by atomic mass is 16.5. The zero-order chi connectivity index (χ0) is 11.6. The molecule has 0 spiro atoms. The predicted molar refractivity (Wildman–Crippen MR) is 68.9 cm³/mol. The van der Waals surface area contributed by atoms with Crippen molar-refractivity contribution < 1.29 is 4.74 Å². The van der Waals surface area contributed by atoms with Crippen LogP contribution in [0.5, 0.6) is 5.75 Å². The molecular weight excluding hydrogens is 198 g/mol. The third-order valence-electron chi connectivity index (χ3n) is 2.88. The molecule has 0 fully saturated rings. The van der Waals surface area contributed by atoms with Crippen LogP contribution in [0.15, 0.2) is 30.3 Å². The largest absolute Gasteiger partial charge is 0.492 e. The maximum Gasteiger partial charge on any atom is 0.119 e. The summed E-state index contributed by atoms with van der Waals surface area (Å²) in [7, 11) is 0. The molecule has 0 saturated heterocycles. The smallest absolute Gasteiger partial charge is 0.119 e. The summed E-state index contributed by atoms with van der Waals surface area (Å²) in [6, 6.07) is 9.96. The molecule has 0 bridgehead atoms. The maximum absolute atomic E-state index is 5.59. The minimum absolute atomic E-state index is 0.740. The lowest BCUT2D eigenvalue weighted by molar-refractivity contribution is 0.307. The van der Waals surface area contributed by atoms with Crippen LogP contribution in [-0.2, 0) is 0 Å². The first-order chi connectivity index (χ1) is 7.86. The summed E-state index contributed by atoms with van der Waals surface area (Å²) < 4.78 is 5.59. The number of nitrogens with one attached hydrogen (secondary N) is 1. The van der Waals surface area contributed by atoms with Gasteiger partial charge >= 0.3 is 0 Å². The van der Waals surface area contributed by atoms with Crippen LogP contribution >= 0.6 is 0 Å². The Labute approximate surface area is 99.0 Å².